The second-order valence-corrected chi connectivity index (χ2v) is 7.04. The fourth-order valence-corrected chi connectivity index (χ4v) is 3.19. The van der Waals surface area contributed by atoms with Gasteiger partial charge >= 0.3 is 0 Å². The van der Waals surface area contributed by atoms with Crippen molar-refractivity contribution in [2.75, 3.05) is 19.6 Å². The van der Waals surface area contributed by atoms with E-state index in [0.717, 1.165) is 35.2 Å². The van der Waals surface area contributed by atoms with E-state index in [1.165, 1.54) is 0 Å². The molecule has 4 heteroatoms. The van der Waals surface area contributed by atoms with E-state index in [9.17, 15) is 4.79 Å². The van der Waals surface area contributed by atoms with Crippen LogP contribution in [0.5, 0.6) is 0 Å². The predicted molar refractivity (Wildman–Crippen MR) is 100 cm³/mol. The number of nitrogens with zero attached hydrogens (tertiary/aromatic N) is 1. The Balaban J connectivity index is 1.72. The molecule has 2 aromatic carbocycles. The molecule has 0 unspecified atom stereocenters. The van der Waals surface area contributed by atoms with Crippen molar-refractivity contribution in [1.82, 2.24) is 15.6 Å². The van der Waals surface area contributed by atoms with Crippen LogP contribution >= 0.6 is 0 Å². The number of carbonyl (C=O) groups is 1. The minimum Gasteiger partial charge on any atom is -0.351 e. The summed E-state index contributed by atoms with van der Waals surface area (Å²) in [4.78, 5) is 17.6. The van der Waals surface area contributed by atoms with Gasteiger partial charge in [-0.25, -0.2) is 4.98 Å². The number of carbonyl (C=O) groups excluding carboxylic acids is 1. The Kier molecular flexibility index (Phi) is 3.98. The van der Waals surface area contributed by atoms with Crippen LogP contribution in [0, 0.1) is 5.41 Å². The molecule has 4 rings (SSSR count). The lowest BCUT2D eigenvalue weighted by atomic mass is 9.84. The summed E-state index contributed by atoms with van der Waals surface area (Å²) in [5, 5.41) is 7.26. The van der Waals surface area contributed by atoms with E-state index in [4.69, 9.17) is 4.98 Å². The first-order valence-corrected chi connectivity index (χ1v) is 8.59. The zero-order chi connectivity index (χ0) is 17.3. The number of fused-ring (bicyclic) bond motifs is 1. The number of hydrogen-bond donors (Lipinski definition) is 2. The molecule has 25 heavy (non-hydrogen) atoms. The minimum absolute atomic E-state index is 0.0380. The highest BCUT2D eigenvalue weighted by molar-refractivity contribution is 6.07. The number of hydrogen-bond acceptors (Lipinski definition) is 3. The van der Waals surface area contributed by atoms with Crippen molar-refractivity contribution in [3.05, 3.63) is 66.2 Å². The van der Waals surface area contributed by atoms with Gasteiger partial charge in [0, 0.05) is 36.0 Å². The SMILES string of the molecule is CC1(CNC(=O)c2cc(-c3ccccc3)nc3ccccc23)CNC1. The van der Waals surface area contributed by atoms with Gasteiger partial charge in [-0.15, -0.1) is 0 Å². The van der Waals surface area contributed by atoms with E-state index in [1.807, 2.05) is 60.7 Å². The van der Waals surface area contributed by atoms with Gasteiger partial charge in [0.15, 0.2) is 0 Å². The Labute approximate surface area is 147 Å². The Bertz CT molecular complexity index is 917. The molecule has 3 aromatic rings. The maximum absolute atomic E-state index is 12.9. The number of benzene rings is 2. The van der Waals surface area contributed by atoms with E-state index in [2.05, 4.69) is 17.6 Å². The van der Waals surface area contributed by atoms with Crippen molar-refractivity contribution in [3.63, 3.8) is 0 Å². The lowest BCUT2D eigenvalue weighted by Gasteiger charge is -2.39. The zero-order valence-corrected chi connectivity index (χ0v) is 14.3. The maximum atomic E-state index is 12.9. The van der Waals surface area contributed by atoms with Crippen molar-refractivity contribution < 1.29 is 4.79 Å². The van der Waals surface area contributed by atoms with Crippen LogP contribution in [0.1, 0.15) is 17.3 Å². The molecule has 1 aromatic heterocycles. The van der Waals surface area contributed by atoms with Gasteiger partial charge in [-0.1, -0.05) is 55.5 Å². The molecule has 2 heterocycles. The summed E-state index contributed by atoms with van der Waals surface area (Å²) >= 11 is 0. The maximum Gasteiger partial charge on any atom is 0.252 e. The van der Waals surface area contributed by atoms with Crippen LogP contribution in [-0.4, -0.2) is 30.5 Å². The van der Waals surface area contributed by atoms with Crippen molar-refractivity contribution in [1.29, 1.82) is 0 Å². The summed E-state index contributed by atoms with van der Waals surface area (Å²) in [7, 11) is 0. The molecule has 126 valence electrons. The van der Waals surface area contributed by atoms with E-state index >= 15 is 0 Å². The van der Waals surface area contributed by atoms with Crippen LogP contribution in [0.3, 0.4) is 0 Å². The number of amides is 1. The van der Waals surface area contributed by atoms with Crippen LogP contribution in [0.4, 0.5) is 0 Å². The van der Waals surface area contributed by atoms with Gasteiger partial charge < -0.3 is 10.6 Å². The molecular weight excluding hydrogens is 310 g/mol. The van der Waals surface area contributed by atoms with Gasteiger partial charge in [0.05, 0.1) is 16.8 Å². The smallest absolute Gasteiger partial charge is 0.252 e. The van der Waals surface area contributed by atoms with Gasteiger partial charge in [0.2, 0.25) is 0 Å². The molecule has 2 N–H and O–H groups in total. The highest BCUT2D eigenvalue weighted by Gasteiger charge is 2.32. The molecular formula is C21H21N3O. The van der Waals surface area contributed by atoms with Crippen LogP contribution in [0.25, 0.3) is 22.2 Å². The summed E-state index contributed by atoms with van der Waals surface area (Å²) < 4.78 is 0. The van der Waals surface area contributed by atoms with E-state index in [0.29, 0.717) is 12.1 Å². The summed E-state index contributed by atoms with van der Waals surface area (Å²) in [6, 6.07) is 19.7. The first-order valence-electron chi connectivity index (χ1n) is 8.59. The molecule has 1 aliphatic heterocycles. The van der Waals surface area contributed by atoms with Gasteiger partial charge in [0.1, 0.15) is 0 Å². The average Bonchev–Trinajstić information content (AvgIpc) is 2.64. The lowest BCUT2D eigenvalue weighted by Crippen LogP contribution is -2.56. The van der Waals surface area contributed by atoms with Crippen molar-refractivity contribution in [3.8, 4) is 11.3 Å². The lowest BCUT2D eigenvalue weighted by molar-refractivity contribution is 0.0913. The normalized spacial score (nSPS) is 15.6. The highest BCUT2D eigenvalue weighted by Crippen LogP contribution is 2.25. The molecule has 1 fully saturated rings. The number of aromatic nitrogens is 1. The number of pyridine rings is 1. The number of nitrogens with one attached hydrogen (secondary N) is 2. The molecule has 0 radical (unpaired) electrons. The third-order valence-electron chi connectivity index (χ3n) is 4.81. The van der Waals surface area contributed by atoms with Gasteiger partial charge in [-0.3, -0.25) is 4.79 Å². The van der Waals surface area contributed by atoms with Crippen LogP contribution in [0.2, 0.25) is 0 Å². The van der Waals surface area contributed by atoms with Gasteiger partial charge in [0.25, 0.3) is 5.91 Å². The molecule has 0 spiro atoms. The van der Waals surface area contributed by atoms with Crippen LogP contribution < -0.4 is 10.6 Å². The third-order valence-corrected chi connectivity index (χ3v) is 4.81. The van der Waals surface area contributed by atoms with Crippen molar-refractivity contribution in [2.24, 2.45) is 5.41 Å². The standard InChI is InChI=1S/C21H21N3O/c1-21(12-22-13-21)14-23-20(25)17-11-19(15-7-3-2-4-8-15)24-18-10-6-5-9-16(17)18/h2-11,22H,12-14H2,1H3,(H,23,25). The fraction of sp³-hybridized carbons (Fsp3) is 0.238. The molecule has 1 aliphatic rings. The first-order chi connectivity index (χ1) is 12.1. The average molecular weight is 331 g/mol. The Morgan fingerprint density at radius 2 is 1.84 bits per heavy atom. The Hall–Kier alpha value is -2.72. The van der Waals surface area contributed by atoms with Crippen molar-refractivity contribution >= 4 is 16.8 Å². The summed E-state index contributed by atoms with van der Waals surface area (Å²) in [6.45, 7) is 4.75. The predicted octanol–water partition coefficient (Wildman–Crippen LogP) is 3.24. The largest absolute Gasteiger partial charge is 0.351 e. The monoisotopic (exact) mass is 331 g/mol. The third kappa shape index (κ3) is 3.13. The molecule has 0 saturated carbocycles. The van der Waals surface area contributed by atoms with Crippen LogP contribution in [0.15, 0.2) is 60.7 Å². The first kappa shape index (κ1) is 15.8. The molecule has 0 bridgehead atoms. The highest BCUT2D eigenvalue weighted by atomic mass is 16.1. The summed E-state index contributed by atoms with van der Waals surface area (Å²) in [6.07, 6.45) is 0. The van der Waals surface area contributed by atoms with E-state index in [-0.39, 0.29) is 11.3 Å². The Morgan fingerprint density at radius 3 is 2.56 bits per heavy atom. The fourth-order valence-electron chi connectivity index (χ4n) is 3.19. The zero-order valence-electron chi connectivity index (χ0n) is 14.3. The summed E-state index contributed by atoms with van der Waals surface area (Å²) in [5.74, 6) is -0.0380. The molecule has 0 aliphatic carbocycles. The topological polar surface area (TPSA) is 54.0 Å². The van der Waals surface area contributed by atoms with Crippen LogP contribution in [-0.2, 0) is 0 Å². The summed E-state index contributed by atoms with van der Waals surface area (Å²) in [5.41, 5.74) is 3.50. The second-order valence-electron chi connectivity index (χ2n) is 7.04. The second kappa shape index (κ2) is 6.30. The van der Waals surface area contributed by atoms with Gasteiger partial charge in [-0.05, 0) is 12.1 Å². The quantitative estimate of drug-likeness (QED) is 0.772. The van der Waals surface area contributed by atoms with E-state index < -0.39 is 0 Å². The molecule has 1 saturated heterocycles. The Morgan fingerprint density at radius 1 is 1.12 bits per heavy atom. The van der Waals surface area contributed by atoms with Crippen molar-refractivity contribution in [2.45, 2.75) is 6.92 Å². The van der Waals surface area contributed by atoms with E-state index in [1.54, 1.807) is 0 Å². The molecule has 0 atom stereocenters. The van der Waals surface area contributed by atoms with Gasteiger partial charge in [-0.2, -0.15) is 0 Å². The molecule has 4 nitrogen and oxygen atoms in total. The minimum atomic E-state index is -0.0380. The number of para-hydroxylation sites is 1. The number of rotatable bonds is 4. The molecule has 1 amide bonds.